The Morgan fingerprint density at radius 2 is 2.19 bits per heavy atom. The number of benzene rings is 1. The molecule has 3 rings (SSSR count). The summed E-state index contributed by atoms with van der Waals surface area (Å²) in [5.74, 6) is 0.266. The zero-order chi connectivity index (χ0) is 11.2. The standard InChI is InChI=1S/C12H11FN2O/c13-9-3-1-2-8(6-9)10-7-16-11(15-10)12(14)4-5-12/h1-3,6-7H,4-5,14H2. The van der Waals surface area contributed by atoms with Crippen molar-refractivity contribution in [2.75, 3.05) is 0 Å². The molecule has 2 aromatic rings. The molecule has 1 fully saturated rings. The van der Waals surface area contributed by atoms with Crippen LogP contribution in [0.25, 0.3) is 11.3 Å². The Morgan fingerprint density at radius 1 is 1.38 bits per heavy atom. The molecule has 1 aromatic heterocycles. The third-order valence-corrected chi connectivity index (χ3v) is 2.84. The highest BCUT2D eigenvalue weighted by atomic mass is 19.1. The normalized spacial score (nSPS) is 17.4. The van der Waals surface area contributed by atoms with Crippen LogP contribution in [-0.2, 0) is 5.54 Å². The molecule has 0 unspecified atom stereocenters. The summed E-state index contributed by atoms with van der Waals surface area (Å²) < 4.78 is 18.4. The molecule has 16 heavy (non-hydrogen) atoms. The molecule has 1 heterocycles. The second-order valence-electron chi connectivity index (χ2n) is 4.20. The van der Waals surface area contributed by atoms with E-state index in [1.54, 1.807) is 12.1 Å². The molecule has 0 amide bonds. The number of aromatic nitrogens is 1. The van der Waals surface area contributed by atoms with Crippen LogP contribution >= 0.6 is 0 Å². The predicted octanol–water partition coefficient (Wildman–Crippen LogP) is 2.43. The molecule has 1 aromatic carbocycles. The van der Waals surface area contributed by atoms with Gasteiger partial charge in [0.2, 0.25) is 5.89 Å². The Labute approximate surface area is 92.1 Å². The Hall–Kier alpha value is -1.68. The fourth-order valence-electron chi connectivity index (χ4n) is 1.63. The van der Waals surface area contributed by atoms with Gasteiger partial charge in [-0.05, 0) is 25.0 Å². The van der Waals surface area contributed by atoms with Gasteiger partial charge in [0.15, 0.2) is 0 Å². The summed E-state index contributed by atoms with van der Waals surface area (Å²) in [5, 5.41) is 0. The number of rotatable bonds is 2. The average molecular weight is 218 g/mol. The summed E-state index contributed by atoms with van der Waals surface area (Å²) >= 11 is 0. The number of nitrogens with zero attached hydrogens (tertiary/aromatic N) is 1. The molecule has 82 valence electrons. The first-order chi connectivity index (χ1) is 7.67. The molecule has 1 aliphatic rings. The van der Waals surface area contributed by atoms with Crippen LogP contribution in [-0.4, -0.2) is 4.98 Å². The Kier molecular flexibility index (Phi) is 1.88. The number of hydrogen-bond donors (Lipinski definition) is 1. The van der Waals surface area contributed by atoms with Crippen LogP contribution in [0.1, 0.15) is 18.7 Å². The van der Waals surface area contributed by atoms with E-state index in [1.807, 2.05) is 0 Å². The van der Waals surface area contributed by atoms with Crippen molar-refractivity contribution >= 4 is 0 Å². The highest BCUT2D eigenvalue weighted by Gasteiger charge is 2.44. The Morgan fingerprint density at radius 3 is 2.88 bits per heavy atom. The molecule has 0 atom stereocenters. The van der Waals surface area contributed by atoms with Crippen molar-refractivity contribution in [1.29, 1.82) is 0 Å². The number of nitrogens with two attached hydrogens (primary N) is 1. The predicted molar refractivity (Wildman–Crippen MR) is 57.0 cm³/mol. The maximum atomic E-state index is 13.0. The minimum Gasteiger partial charge on any atom is -0.446 e. The molecular formula is C12H11FN2O. The van der Waals surface area contributed by atoms with Gasteiger partial charge in [0, 0.05) is 5.56 Å². The summed E-state index contributed by atoms with van der Waals surface area (Å²) in [4.78, 5) is 4.30. The maximum Gasteiger partial charge on any atom is 0.214 e. The van der Waals surface area contributed by atoms with Crippen LogP contribution in [0.5, 0.6) is 0 Å². The SMILES string of the molecule is NC1(c2nc(-c3cccc(F)c3)co2)CC1. The molecule has 2 N–H and O–H groups in total. The van der Waals surface area contributed by atoms with Gasteiger partial charge in [-0.25, -0.2) is 9.37 Å². The van der Waals surface area contributed by atoms with Crippen molar-refractivity contribution in [2.24, 2.45) is 5.73 Å². The zero-order valence-corrected chi connectivity index (χ0v) is 8.61. The highest BCUT2D eigenvalue weighted by Crippen LogP contribution is 2.42. The summed E-state index contributed by atoms with van der Waals surface area (Å²) in [5.41, 5.74) is 6.91. The van der Waals surface area contributed by atoms with Crippen molar-refractivity contribution in [1.82, 2.24) is 4.98 Å². The first-order valence-electron chi connectivity index (χ1n) is 5.18. The van der Waals surface area contributed by atoms with Crippen LogP contribution in [0, 0.1) is 5.82 Å². The van der Waals surface area contributed by atoms with E-state index in [2.05, 4.69) is 4.98 Å². The first-order valence-corrected chi connectivity index (χ1v) is 5.18. The first kappa shape index (κ1) is 9.54. The van der Waals surface area contributed by atoms with E-state index < -0.39 is 0 Å². The molecule has 0 spiro atoms. The zero-order valence-electron chi connectivity index (χ0n) is 8.61. The lowest BCUT2D eigenvalue weighted by Gasteiger charge is -2.00. The van der Waals surface area contributed by atoms with E-state index in [9.17, 15) is 4.39 Å². The Balaban J connectivity index is 1.98. The second-order valence-corrected chi connectivity index (χ2v) is 4.20. The number of oxazole rings is 1. The van der Waals surface area contributed by atoms with Gasteiger partial charge >= 0.3 is 0 Å². The molecule has 0 radical (unpaired) electrons. The van der Waals surface area contributed by atoms with E-state index in [1.165, 1.54) is 18.4 Å². The van der Waals surface area contributed by atoms with Gasteiger partial charge in [0.05, 0.1) is 5.54 Å². The lowest BCUT2D eigenvalue weighted by Crippen LogP contribution is -2.18. The largest absolute Gasteiger partial charge is 0.446 e. The van der Waals surface area contributed by atoms with Gasteiger partial charge in [-0.1, -0.05) is 12.1 Å². The summed E-state index contributed by atoms with van der Waals surface area (Å²) in [6, 6.07) is 6.27. The molecule has 0 bridgehead atoms. The molecule has 1 saturated carbocycles. The molecule has 0 saturated heterocycles. The van der Waals surface area contributed by atoms with Crippen LogP contribution in [0.2, 0.25) is 0 Å². The lowest BCUT2D eigenvalue weighted by molar-refractivity contribution is 0.440. The van der Waals surface area contributed by atoms with Crippen molar-refractivity contribution in [3.05, 3.63) is 42.2 Å². The maximum absolute atomic E-state index is 13.0. The van der Waals surface area contributed by atoms with Crippen molar-refractivity contribution in [2.45, 2.75) is 18.4 Å². The van der Waals surface area contributed by atoms with Gasteiger partial charge in [-0.3, -0.25) is 0 Å². The van der Waals surface area contributed by atoms with Gasteiger partial charge in [0.25, 0.3) is 0 Å². The quantitative estimate of drug-likeness (QED) is 0.842. The van der Waals surface area contributed by atoms with E-state index in [0.29, 0.717) is 17.1 Å². The van der Waals surface area contributed by atoms with Gasteiger partial charge in [0.1, 0.15) is 17.8 Å². The molecule has 4 heteroatoms. The van der Waals surface area contributed by atoms with E-state index in [0.717, 1.165) is 12.8 Å². The number of hydrogen-bond acceptors (Lipinski definition) is 3. The van der Waals surface area contributed by atoms with Gasteiger partial charge < -0.3 is 10.2 Å². The summed E-state index contributed by atoms with van der Waals surface area (Å²) in [6.07, 6.45) is 3.32. The second kappa shape index (κ2) is 3.15. The average Bonchev–Trinajstić information content (AvgIpc) is 2.83. The van der Waals surface area contributed by atoms with Crippen LogP contribution in [0.15, 0.2) is 34.9 Å². The highest BCUT2D eigenvalue weighted by molar-refractivity contribution is 5.57. The third kappa shape index (κ3) is 1.51. The van der Waals surface area contributed by atoms with E-state index >= 15 is 0 Å². The fourth-order valence-corrected chi connectivity index (χ4v) is 1.63. The van der Waals surface area contributed by atoms with Gasteiger partial charge in [-0.15, -0.1) is 0 Å². The smallest absolute Gasteiger partial charge is 0.214 e. The number of halogens is 1. The minimum absolute atomic E-state index is 0.282. The third-order valence-electron chi connectivity index (χ3n) is 2.84. The van der Waals surface area contributed by atoms with E-state index in [4.69, 9.17) is 10.2 Å². The molecule has 0 aliphatic heterocycles. The van der Waals surface area contributed by atoms with E-state index in [-0.39, 0.29) is 11.4 Å². The van der Waals surface area contributed by atoms with Gasteiger partial charge in [-0.2, -0.15) is 0 Å². The topological polar surface area (TPSA) is 52.0 Å². The molecular weight excluding hydrogens is 207 g/mol. The fraction of sp³-hybridized carbons (Fsp3) is 0.250. The lowest BCUT2D eigenvalue weighted by atomic mass is 10.2. The monoisotopic (exact) mass is 218 g/mol. The minimum atomic E-state index is -0.383. The summed E-state index contributed by atoms with van der Waals surface area (Å²) in [6.45, 7) is 0. The van der Waals surface area contributed by atoms with Crippen LogP contribution in [0.4, 0.5) is 4.39 Å². The Bertz CT molecular complexity index is 531. The van der Waals surface area contributed by atoms with Crippen LogP contribution < -0.4 is 5.73 Å². The van der Waals surface area contributed by atoms with Crippen molar-refractivity contribution in [3.8, 4) is 11.3 Å². The van der Waals surface area contributed by atoms with Crippen LogP contribution in [0.3, 0.4) is 0 Å². The summed E-state index contributed by atoms with van der Waals surface area (Å²) in [7, 11) is 0. The molecule has 3 nitrogen and oxygen atoms in total. The molecule has 1 aliphatic carbocycles. The van der Waals surface area contributed by atoms with Crippen molar-refractivity contribution in [3.63, 3.8) is 0 Å². The van der Waals surface area contributed by atoms with Crippen molar-refractivity contribution < 1.29 is 8.81 Å².